The van der Waals surface area contributed by atoms with E-state index >= 15 is 0 Å². The normalized spacial score (nSPS) is 19.5. The van der Waals surface area contributed by atoms with Crippen LogP contribution in [0.15, 0.2) is 48.6 Å². The third-order valence-electron chi connectivity index (χ3n) is 6.19. The Morgan fingerprint density at radius 1 is 0.933 bits per heavy atom. The smallest absolute Gasteiger partial charge is 0.131 e. The van der Waals surface area contributed by atoms with Gasteiger partial charge in [-0.05, 0) is 74.1 Å². The molecule has 1 nitrogen and oxygen atoms in total. The van der Waals surface area contributed by atoms with E-state index in [9.17, 15) is 8.78 Å². The third-order valence-corrected chi connectivity index (χ3v) is 6.19. The van der Waals surface area contributed by atoms with Crippen LogP contribution in [0.25, 0.3) is 11.1 Å². The zero-order chi connectivity index (χ0) is 21.3. The SMILES string of the molecule is CC=CC1CCC(c2ccc(-c3ccc(COCCCCC)cc3F)c(F)c2)CC1. The summed E-state index contributed by atoms with van der Waals surface area (Å²) in [6.07, 6.45) is 12.2. The van der Waals surface area contributed by atoms with E-state index in [0.717, 1.165) is 56.1 Å². The van der Waals surface area contributed by atoms with Crippen LogP contribution >= 0.6 is 0 Å². The average molecular weight is 413 g/mol. The number of hydrogen-bond acceptors (Lipinski definition) is 1. The highest BCUT2D eigenvalue weighted by atomic mass is 19.1. The Hall–Kier alpha value is -2.00. The Morgan fingerprint density at radius 2 is 1.63 bits per heavy atom. The Bertz CT molecular complexity index is 835. The van der Waals surface area contributed by atoms with Crippen molar-refractivity contribution in [1.29, 1.82) is 0 Å². The first-order valence-corrected chi connectivity index (χ1v) is 11.4. The molecule has 30 heavy (non-hydrogen) atoms. The second-order valence-corrected chi connectivity index (χ2v) is 8.45. The molecule has 1 saturated carbocycles. The number of allylic oxidation sites excluding steroid dienone is 2. The first kappa shape index (κ1) is 22.7. The fraction of sp³-hybridized carbons (Fsp3) is 0.481. The summed E-state index contributed by atoms with van der Waals surface area (Å²) in [4.78, 5) is 0. The summed E-state index contributed by atoms with van der Waals surface area (Å²) < 4.78 is 35.2. The summed E-state index contributed by atoms with van der Waals surface area (Å²) in [5.74, 6) is 0.305. The van der Waals surface area contributed by atoms with E-state index in [1.165, 1.54) is 6.07 Å². The maximum atomic E-state index is 14.9. The summed E-state index contributed by atoms with van der Waals surface area (Å²) in [7, 11) is 0. The van der Waals surface area contributed by atoms with Gasteiger partial charge in [-0.3, -0.25) is 0 Å². The summed E-state index contributed by atoms with van der Waals surface area (Å²) in [6.45, 7) is 5.28. The molecule has 0 radical (unpaired) electrons. The monoisotopic (exact) mass is 412 g/mol. The van der Waals surface area contributed by atoms with Crippen LogP contribution in [0.3, 0.4) is 0 Å². The Balaban J connectivity index is 1.65. The van der Waals surface area contributed by atoms with E-state index in [2.05, 4.69) is 26.0 Å². The first-order chi connectivity index (χ1) is 14.6. The molecule has 3 heteroatoms. The van der Waals surface area contributed by atoms with Gasteiger partial charge >= 0.3 is 0 Å². The number of hydrogen-bond donors (Lipinski definition) is 0. The zero-order valence-electron chi connectivity index (χ0n) is 18.3. The van der Waals surface area contributed by atoms with E-state index in [-0.39, 0.29) is 5.82 Å². The van der Waals surface area contributed by atoms with Crippen molar-refractivity contribution >= 4 is 0 Å². The number of ether oxygens (including phenoxy) is 1. The summed E-state index contributed by atoms with van der Waals surface area (Å²) >= 11 is 0. The molecule has 162 valence electrons. The lowest BCUT2D eigenvalue weighted by Gasteiger charge is -2.27. The highest BCUT2D eigenvalue weighted by Crippen LogP contribution is 2.38. The minimum absolute atomic E-state index is 0.311. The second-order valence-electron chi connectivity index (χ2n) is 8.45. The van der Waals surface area contributed by atoms with Crippen LogP contribution in [-0.4, -0.2) is 6.61 Å². The lowest BCUT2D eigenvalue weighted by Crippen LogP contribution is -2.12. The van der Waals surface area contributed by atoms with Crippen LogP contribution in [0.5, 0.6) is 0 Å². The highest BCUT2D eigenvalue weighted by molar-refractivity contribution is 5.65. The van der Waals surface area contributed by atoms with Crippen molar-refractivity contribution in [2.45, 2.75) is 71.3 Å². The molecule has 0 spiro atoms. The summed E-state index contributed by atoms with van der Waals surface area (Å²) in [6, 6.07) is 10.3. The number of unbranched alkanes of at least 4 members (excludes halogenated alkanes) is 2. The maximum Gasteiger partial charge on any atom is 0.131 e. The molecule has 0 bridgehead atoms. The van der Waals surface area contributed by atoms with Crippen molar-refractivity contribution in [2.75, 3.05) is 6.61 Å². The number of benzene rings is 2. The molecule has 2 aromatic carbocycles. The van der Waals surface area contributed by atoms with Gasteiger partial charge in [0.2, 0.25) is 0 Å². The van der Waals surface area contributed by atoms with Gasteiger partial charge in [0.1, 0.15) is 11.6 Å². The molecule has 3 rings (SSSR count). The molecule has 0 atom stereocenters. The van der Waals surface area contributed by atoms with Crippen molar-refractivity contribution in [2.24, 2.45) is 5.92 Å². The van der Waals surface area contributed by atoms with Crippen molar-refractivity contribution in [3.8, 4) is 11.1 Å². The van der Waals surface area contributed by atoms with Crippen molar-refractivity contribution in [3.05, 3.63) is 71.3 Å². The summed E-state index contributed by atoms with van der Waals surface area (Å²) in [5.41, 5.74) is 2.45. The van der Waals surface area contributed by atoms with Gasteiger partial charge in [0.25, 0.3) is 0 Å². The van der Waals surface area contributed by atoms with Crippen LogP contribution in [0, 0.1) is 17.6 Å². The number of rotatable bonds is 9. The van der Waals surface area contributed by atoms with Gasteiger partial charge in [0, 0.05) is 17.7 Å². The minimum Gasteiger partial charge on any atom is -0.377 e. The van der Waals surface area contributed by atoms with Crippen molar-refractivity contribution in [1.82, 2.24) is 0 Å². The fourth-order valence-electron chi connectivity index (χ4n) is 4.43. The van der Waals surface area contributed by atoms with E-state index in [1.54, 1.807) is 18.2 Å². The largest absolute Gasteiger partial charge is 0.377 e. The van der Waals surface area contributed by atoms with Gasteiger partial charge in [-0.1, -0.05) is 56.2 Å². The van der Waals surface area contributed by atoms with E-state index in [4.69, 9.17) is 4.74 Å². The fourth-order valence-corrected chi connectivity index (χ4v) is 4.43. The lowest BCUT2D eigenvalue weighted by molar-refractivity contribution is 0.117. The second kappa shape index (κ2) is 11.4. The van der Waals surface area contributed by atoms with Gasteiger partial charge in [-0.15, -0.1) is 0 Å². The molecule has 0 unspecified atom stereocenters. The average Bonchev–Trinajstić information content (AvgIpc) is 2.75. The van der Waals surface area contributed by atoms with Gasteiger partial charge in [-0.2, -0.15) is 0 Å². The molecule has 0 amide bonds. The van der Waals surface area contributed by atoms with Crippen LogP contribution in [0.1, 0.15) is 75.8 Å². The highest BCUT2D eigenvalue weighted by Gasteiger charge is 2.22. The lowest BCUT2D eigenvalue weighted by atomic mass is 9.78. The molecular formula is C27H34F2O. The van der Waals surface area contributed by atoms with Crippen LogP contribution < -0.4 is 0 Å². The minimum atomic E-state index is -0.400. The van der Waals surface area contributed by atoms with E-state index < -0.39 is 5.82 Å². The molecule has 1 fully saturated rings. The van der Waals surface area contributed by atoms with Crippen molar-refractivity contribution < 1.29 is 13.5 Å². The molecule has 2 aromatic rings. The molecule has 1 aliphatic rings. The zero-order valence-corrected chi connectivity index (χ0v) is 18.3. The van der Waals surface area contributed by atoms with Crippen LogP contribution in [-0.2, 0) is 11.3 Å². The molecule has 0 N–H and O–H groups in total. The topological polar surface area (TPSA) is 9.23 Å². The van der Waals surface area contributed by atoms with Gasteiger partial charge < -0.3 is 4.74 Å². The third kappa shape index (κ3) is 6.01. The molecule has 0 aliphatic heterocycles. The van der Waals surface area contributed by atoms with Gasteiger partial charge in [0.15, 0.2) is 0 Å². The molecule has 0 aromatic heterocycles. The molecule has 0 heterocycles. The van der Waals surface area contributed by atoms with Crippen molar-refractivity contribution in [3.63, 3.8) is 0 Å². The summed E-state index contributed by atoms with van der Waals surface area (Å²) in [5, 5.41) is 0. The Morgan fingerprint density at radius 3 is 2.27 bits per heavy atom. The predicted molar refractivity (Wildman–Crippen MR) is 120 cm³/mol. The number of halogens is 2. The standard InChI is InChI=1S/C27H34F2O/c1-3-5-6-16-30-19-21-10-14-24(26(28)17-21)25-15-13-23(18-27(25)29)22-11-8-20(7-4-2)9-12-22/h4,7,10,13-15,17-18,20,22H,3,5-6,8-9,11-12,16,19H2,1-2H3. The van der Waals surface area contributed by atoms with Crippen LogP contribution in [0.2, 0.25) is 0 Å². The van der Waals surface area contributed by atoms with E-state index in [0.29, 0.717) is 36.2 Å². The molecule has 0 saturated heterocycles. The van der Waals surface area contributed by atoms with E-state index in [1.807, 2.05) is 12.1 Å². The molecular weight excluding hydrogens is 378 g/mol. The quantitative estimate of drug-likeness (QED) is 0.298. The maximum absolute atomic E-state index is 14.9. The van der Waals surface area contributed by atoms with Gasteiger partial charge in [0.05, 0.1) is 6.61 Å². The van der Waals surface area contributed by atoms with Gasteiger partial charge in [-0.25, -0.2) is 8.78 Å². The predicted octanol–water partition coefficient (Wildman–Crippen LogP) is 8.19. The molecule has 1 aliphatic carbocycles. The Kier molecular flexibility index (Phi) is 8.62. The van der Waals surface area contributed by atoms with Crippen LogP contribution in [0.4, 0.5) is 8.78 Å². The first-order valence-electron chi connectivity index (χ1n) is 11.4. The Labute approximate surface area is 180 Å².